The molecule has 1 atom stereocenters. The number of hydrogen-bond donors (Lipinski definition) is 1. The SMILES string of the molecule is COc1cccc(CC2=NCC(CN)O2)c1. The molecule has 4 heteroatoms. The van der Waals surface area contributed by atoms with E-state index in [1.807, 2.05) is 24.3 Å². The van der Waals surface area contributed by atoms with Gasteiger partial charge in [-0.3, -0.25) is 4.99 Å². The Labute approximate surface area is 95.1 Å². The van der Waals surface area contributed by atoms with Crippen LogP contribution >= 0.6 is 0 Å². The Hall–Kier alpha value is -1.55. The number of ether oxygens (including phenoxy) is 2. The van der Waals surface area contributed by atoms with Crippen LogP contribution in [0.4, 0.5) is 0 Å². The quantitative estimate of drug-likeness (QED) is 0.823. The molecule has 1 heterocycles. The topological polar surface area (TPSA) is 56.8 Å². The fourth-order valence-electron chi connectivity index (χ4n) is 1.65. The lowest BCUT2D eigenvalue weighted by Crippen LogP contribution is -2.24. The molecule has 2 rings (SSSR count). The maximum atomic E-state index is 5.57. The second-order valence-electron chi connectivity index (χ2n) is 3.74. The van der Waals surface area contributed by atoms with Crippen LogP contribution in [-0.2, 0) is 11.2 Å². The van der Waals surface area contributed by atoms with Crippen LogP contribution in [0.1, 0.15) is 5.56 Å². The van der Waals surface area contributed by atoms with E-state index >= 15 is 0 Å². The molecule has 0 fully saturated rings. The van der Waals surface area contributed by atoms with Crippen LogP contribution in [0.3, 0.4) is 0 Å². The molecule has 0 amide bonds. The van der Waals surface area contributed by atoms with Gasteiger partial charge in [-0.15, -0.1) is 0 Å². The van der Waals surface area contributed by atoms with E-state index in [0.717, 1.165) is 17.2 Å². The van der Waals surface area contributed by atoms with Crippen molar-refractivity contribution in [1.82, 2.24) is 0 Å². The number of aliphatic imine (C=N–C) groups is 1. The number of benzene rings is 1. The van der Waals surface area contributed by atoms with E-state index in [-0.39, 0.29) is 6.10 Å². The van der Waals surface area contributed by atoms with Crippen LogP contribution in [0, 0.1) is 0 Å². The molecule has 0 aromatic heterocycles. The Bertz CT molecular complexity index is 390. The molecular formula is C12H16N2O2. The van der Waals surface area contributed by atoms with E-state index in [1.54, 1.807) is 7.11 Å². The summed E-state index contributed by atoms with van der Waals surface area (Å²) in [6.45, 7) is 1.20. The molecule has 0 radical (unpaired) electrons. The zero-order valence-corrected chi connectivity index (χ0v) is 9.35. The minimum atomic E-state index is 0.0561. The Kier molecular flexibility index (Phi) is 3.41. The van der Waals surface area contributed by atoms with Gasteiger partial charge in [0.05, 0.1) is 13.7 Å². The highest BCUT2D eigenvalue weighted by Crippen LogP contribution is 2.15. The molecule has 2 N–H and O–H groups in total. The van der Waals surface area contributed by atoms with Gasteiger partial charge in [0.2, 0.25) is 0 Å². The van der Waals surface area contributed by atoms with Gasteiger partial charge in [0, 0.05) is 13.0 Å². The molecule has 0 saturated heterocycles. The van der Waals surface area contributed by atoms with Crippen LogP contribution in [0.5, 0.6) is 5.75 Å². The fourth-order valence-corrected chi connectivity index (χ4v) is 1.65. The third-order valence-electron chi connectivity index (χ3n) is 2.53. The molecule has 16 heavy (non-hydrogen) atoms. The van der Waals surface area contributed by atoms with E-state index < -0.39 is 0 Å². The highest BCUT2D eigenvalue weighted by atomic mass is 16.5. The predicted molar refractivity (Wildman–Crippen MR) is 62.9 cm³/mol. The highest BCUT2D eigenvalue weighted by Gasteiger charge is 2.18. The fraction of sp³-hybridized carbons (Fsp3) is 0.417. The summed E-state index contributed by atoms with van der Waals surface area (Å²) < 4.78 is 10.7. The molecular weight excluding hydrogens is 204 g/mol. The third-order valence-corrected chi connectivity index (χ3v) is 2.53. The molecule has 1 aromatic rings. The Morgan fingerprint density at radius 3 is 3.12 bits per heavy atom. The van der Waals surface area contributed by atoms with Crippen LogP contribution in [0.15, 0.2) is 29.3 Å². The third kappa shape index (κ3) is 2.52. The smallest absolute Gasteiger partial charge is 0.188 e. The van der Waals surface area contributed by atoms with Crippen molar-refractivity contribution in [2.24, 2.45) is 10.7 Å². The van der Waals surface area contributed by atoms with Crippen molar-refractivity contribution in [2.45, 2.75) is 12.5 Å². The monoisotopic (exact) mass is 220 g/mol. The van der Waals surface area contributed by atoms with Crippen LogP contribution in [0.2, 0.25) is 0 Å². The van der Waals surface area contributed by atoms with Crippen molar-refractivity contribution >= 4 is 5.90 Å². The summed E-state index contributed by atoms with van der Waals surface area (Å²) in [4.78, 5) is 4.31. The standard InChI is InChI=1S/C12H16N2O2/c1-15-10-4-2-3-9(5-10)6-12-14-8-11(7-13)16-12/h2-5,11H,6-8,13H2,1H3. The summed E-state index contributed by atoms with van der Waals surface area (Å²) in [7, 11) is 1.66. The number of nitrogens with zero attached hydrogens (tertiary/aromatic N) is 1. The maximum Gasteiger partial charge on any atom is 0.188 e. The number of rotatable bonds is 4. The van der Waals surface area contributed by atoms with Gasteiger partial charge in [0.15, 0.2) is 5.90 Å². The molecule has 0 bridgehead atoms. The van der Waals surface area contributed by atoms with Crippen LogP contribution in [0.25, 0.3) is 0 Å². The average molecular weight is 220 g/mol. The van der Waals surface area contributed by atoms with Gasteiger partial charge < -0.3 is 15.2 Å². The zero-order chi connectivity index (χ0) is 11.4. The van der Waals surface area contributed by atoms with Crippen molar-refractivity contribution in [3.8, 4) is 5.75 Å². The zero-order valence-electron chi connectivity index (χ0n) is 9.35. The number of hydrogen-bond acceptors (Lipinski definition) is 4. The minimum Gasteiger partial charge on any atom is -0.497 e. The first-order chi connectivity index (χ1) is 7.81. The molecule has 0 aliphatic carbocycles. The summed E-state index contributed by atoms with van der Waals surface area (Å²) in [6, 6.07) is 7.90. The van der Waals surface area contributed by atoms with Gasteiger partial charge >= 0.3 is 0 Å². The van der Waals surface area contributed by atoms with Crippen molar-refractivity contribution in [2.75, 3.05) is 20.2 Å². The second-order valence-corrected chi connectivity index (χ2v) is 3.74. The average Bonchev–Trinajstić information content (AvgIpc) is 2.77. The lowest BCUT2D eigenvalue weighted by atomic mass is 10.1. The van der Waals surface area contributed by atoms with Crippen LogP contribution < -0.4 is 10.5 Å². The first-order valence-corrected chi connectivity index (χ1v) is 5.35. The number of methoxy groups -OCH3 is 1. The Morgan fingerprint density at radius 2 is 2.44 bits per heavy atom. The lowest BCUT2D eigenvalue weighted by molar-refractivity contribution is 0.228. The Balaban J connectivity index is 1.99. The maximum absolute atomic E-state index is 5.57. The molecule has 1 unspecified atom stereocenters. The second kappa shape index (κ2) is 4.99. The minimum absolute atomic E-state index is 0.0561. The van der Waals surface area contributed by atoms with Crippen molar-refractivity contribution in [3.05, 3.63) is 29.8 Å². The molecule has 1 aliphatic rings. The summed E-state index contributed by atoms with van der Waals surface area (Å²) >= 11 is 0. The summed E-state index contributed by atoms with van der Waals surface area (Å²) in [6.07, 6.45) is 0.758. The largest absolute Gasteiger partial charge is 0.497 e. The van der Waals surface area contributed by atoms with Crippen molar-refractivity contribution in [3.63, 3.8) is 0 Å². The van der Waals surface area contributed by atoms with Gasteiger partial charge in [-0.1, -0.05) is 12.1 Å². The summed E-state index contributed by atoms with van der Waals surface area (Å²) in [5, 5.41) is 0. The Morgan fingerprint density at radius 1 is 1.56 bits per heavy atom. The molecule has 86 valence electrons. The lowest BCUT2D eigenvalue weighted by Gasteiger charge is -2.08. The molecule has 0 saturated carbocycles. The van der Waals surface area contributed by atoms with E-state index in [4.69, 9.17) is 15.2 Å². The normalized spacial score (nSPS) is 19.1. The first kappa shape index (κ1) is 11.0. The van der Waals surface area contributed by atoms with Crippen molar-refractivity contribution in [1.29, 1.82) is 0 Å². The predicted octanol–water partition coefficient (Wildman–Crippen LogP) is 0.994. The molecule has 0 spiro atoms. The van der Waals surface area contributed by atoms with Crippen LogP contribution in [-0.4, -0.2) is 32.2 Å². The van der Waals surface area contributed by atoms with Gasteiger partial charge in [-0.05, 0) is 17.7 Å². The van der Waals surface area contributed by atoms with E-state index in [2.05, 4.69) is 4.99 Å². The van der Waals surface area contributed by atoms with Gasteiger partial charge in [0.25, 0.3) is 0 Å². The highest BCUT2D eigenvalue weighted by molar-refractivity contribution is 5.80. The number of nitrogens with two attached hydrogens (primary N) is 1. The van der Waals surface area contributed by atoms with Crippen molar-refractivity contribution < 1.29 is 9.47 Å². The molecule has 1 aliphatic heterocycles. The summed E-state index contributed by atoms with van der Waals surface area (Å²) in [5.74, 6) is 1.62. The van der Waals surface area contributed by atoms with E-state index in [9.17, 15) is 0 Å². The van der Waals surface area contributed by atoms with E-state index in [0.29, 0.717) is 19.5 Å². The summed E-state index contributed by atoms with van der Waals surface area (Å²) in [5.41, 5.74) is 6.65. The van der Waals surface area contributed by atoms with Gasteiger partial charge in [-0.25, -0.2) is 0 Å². The van der Waals surface area contributed by atoms with E-state index in [1.165, 1.54) is 0 Å². The molecule has 1 aromatic carbocycles. The molecule has 4 nitrogen and oxygen atoms in total. The van der Waals surface area contributed by atoms with Gasteiger partial charge in [0.1, 0.15) is 11.9 Å². The first-order valence-electron chi connectivity index (χ1n) is 5.35. The van der Waals surface area contributed by atoms with Gasteiger partial charge in [-0.2, -0.15) is 0 Å².